The van der Waals surface area contributed by atoms with Crippen molar-refractivity contribution in [2.45, 2.75) is 89.5 Å². The Labute approximate surface area is 320 Å². The SMILES string of the molecule is C=C1CC2CC(C1)N2C(=O)Nc1ccc(C)c(-c2cc(OC(F)Cc3ccc(NC(=O)N4CC5CCC4C[C@@H]5C)cc3-c3nncc(C(F)(F)F)n3)cnn2)c1. The number of urea groups is 2. The summed E-state index contributed by atoms with van der Waals surface area (Å²) in [5.41, 5.74) is 2.88. The van der Waals surface area contributed by atoms with Gasteiger partial charge in [-0.1, -0.05) is 31.2 Å². The topological polar surface area (TPSA) is 138 Å². The highest BCUT2D eigenvalue weighted by atomic mass is 19.4. The summed E-state index contributed by atoms with van der Waals surface area (Å²) in [4.78, 5) is 33.9. The van der Waals surface area contributed by atoms with Crippen molar-refractivity contribution in [3.8, 4) is 28.4 Å². The molecule has 0 radical (unpaired) electrons. The zero-order chi connectivity index (χ0) is 39.3. The maximum Gasteiger partial charge on any atom is 0.435 e. The van der Waals surface area contributed by atoms with Crippen LogP contribution in [0.1, 0.15) is 62.3 Å². The van der Waals surface area contributed by atoms with E-state index in [0.29, 0.717) is 41.5 Å². The molecular weight excluding hydrogens is 730 g/mol. The highest BCUT2D eigenvalue weighted by molar-refractivity contribution is 5.92. The van der Waals surface area contributed by atoms with E-state index in [-0.39, 0.29) is 58.6 Å². The lowest BCUT2D eigenvalue weighted by atomic mass is 9.73. The number of nitrogens with one attached hydrogen (secondary N) is 2. The lowest BCUT2D eigenvalue weighted by Crippen LogP contribution is -2.62. The summed E-state index contributed by atoms with van der Waals surface area (Å²) in [5.74, 6) is 0.616. The minimum atomic E-state index is -4.80. The van der Waals surface area contributed by atoms with Gasteiger partial charge < -0.3 is 25.2 Å². The monoisotopic (exact) mass is 771 g/mol. The van der Waals surface area contributed by atoms with Crippen LogP contribution in [0, 0.1) is 18.8 Å². The lowest BCUT2D eigenvalue weighted by Gasteiger charge is -2.53. The number of rotatable bonds is 8. The van der Waals surface area contributed by atoms with Gasteiger partial charge in [-0.3, -0.25) is 0 Å². The van der Waals surface area contributed by atoms with E-state index in [4.69, 9.17) is 4.74 Å². The minimum Gasteiger partial charge on any atom is -0.458 e. The van der Waals surface area contributed by atoms with Crippen molar-refractivity contribution in [2.24, 2.45) is 11.8 Å². The Hall–Kier alpha value is -5.67. The summed E-state index contributed by atoms with van der Waals surface area (Å²) in [6.45, 7) is 8.77. The van der Waals surface area contributed by atoms with Crippen molar-refractivity contribution in [3.05, 3.63) is 83.8 Å². The van der Waals surface area contributed by atoms with E-state index in [9.17, 15) is 22.8 Å². The van der Waals surface area contributed by atoms with Crippen molar-refractivity contribution in [2.75, 3.05) is 17.2 Å². The molecule has 2 N–H and O–H groups in total. The van der Waals surface area contributed by atoms with Gasteiger partial charge in [-0.15, -0.1) is 5.10 Å². The second-order valence-electron chi connectivity index (χ2n) is 15.4. The fourth-order valence-corrected chi connectivity index (χ4v) is 8.64. The van der Waals surface area contributed by atoms with Gasteiger partial charge >= 0.3 is 18.2 Å². The molecule has 16 heteroatoms. The molecule has 5 unspecified atom stereocenters. The first kappa shape index (κ1) is 37.3. The zero-order valence-electron chi connectivity index (χ0n) is 30.9. The quantitative estimate of drug-likeness (QED) is 0.135. The second kappa shape index (κ2) is 14.8. The van der Waals surface area contributed by atoms with E-state index in [1.54, 1.807) is 18.2 Å². The molecule has 4 saturated heterocycles. The van der Waals surface area contributed by atoms with Gasteiger partial charge in [0.2, 0.25) is 6.36 Å². The number of hydrogen-bond donors (Lipinski definition) is 2. The summed E-state index contributed by atoms with van der Waals surface area (Å²) >= 11 is 0. The Morgan fingerprint density at radius 2 is 1.64 bits per heavy atom. The molecule has 4 amide bonds. The number of benzene rings is 2. The van der Waals surface area contributed by atoms with Gasteiger partial charge in [0, 0.05) is 59.7 Å². The number of halogens is 4. The van der Waals surface area contributed by atoms with Gasteiger partial charge in [0.1, 0.15) is 5.75 Å². The highest BCUT2D eigenvalue weighted by Gasteiger charge is 2.45. The Morgan fingerprint density at radius 3 is 2.36 bits per heavy atom. The van der Waals surface area contributed by atoms with Gasteiger partial charge in [-0.25, -0.2) is 19.0 Å². The highest BCUT2D eigenvalue weighted by Crippen LogP contribution is 2.41. The third-order valence-electron chi connectivity index (χ3n) is 11.6. The summed E-state index contributed by atoms with van der Waals surface area (Å²) in [6.07, 6.45) is 0.0510. The first-order valence-corrected chi connectivity index (χ1v) is 18.8. The maximum absolute atomic E-state index is 15.8. The molecule has 6 aliphatic rings. The predicted molar refractivity (Wildman–Crippen MR) is 199 cm³/mol. The first-order chi connectivity index (χ1) is 26.8. The molecular formula is C40H41F4N9O3. The van der Waals surface area contributed by atoms with E-state index >= 15 is 4.39 Å². The number of amides is 4. The van der Waals surface area contributed by atoms with Crippen LogP contribution in [0.3, 0.4) is 0 Å². The standard InChI is InChI=1S/C40H41F4N9O3/c1-21-10-29-16-30(11-21)53(29)39(55)48-26-7-4-22(2)32(14-26)34-17-31(18-45-50-34)56-36(41)13-24-5-8-27(15-33(24)37-49-35(19-46-51-37)40(42,43)44)47-38(54)52-20-25-6-9-28(52)12-23(25)3/h4-5,7-8,14-15,17-19,23,25,28-30,36H,1,6,9-13,16,20H2,2-3H3,(H,47,54)(H,48,55)/t23-,25?,28?,29?,30?,36?/m0/s1. The van der Waals surface area contributed by atoms with Gasteiger partial charge in [0.05, 0.1) is 18.1 Å². The number of anilines is 2. The molecule has 6 atom stereocenters. The summed E-state index contributed by atoms with van der Waals surface area (Å²) in [7, 11) is 0. The van der Waals surface area contributed by atoms with Crippen LogP contribution in [0.5, 0.6) is 5.75 Å². The molecule has 4 bridgehead atoms. The minimum absolute atomic E-state index is 0.0521. The number of fused-ring (bicyclic) bond motifs is 5. The van der Waals surface area contributed by atoms with E-state index in [0.717, 1.165) is 44.1 Å². The molecule has 6 fully saturated rings. The van der Waals surface area contributed by atoms with Gasteiger partial charge in [-0.2, -0.15) is 28.5 Å². The molecule has 56 heavy (non-hydrogen) atoms. The molecule has 2 aromatic carbocycles. The van der Waals surface area contributed by atoms with Crippen LogP contribution in [-0.4, -0.2) is 78.3 Å². The lowest BCUT2D eigenvalue weighted by molar-refractivity contribution is -0.141. The fraction of sp³-hybridized carbons (Fsp3) is 0.425. The van der Waals surface area contributed by atoms with Crippen LogP contribution in [0.15, 0.2) is 67.0 Å². The zero-order valence-corrected chi connectivity index (χ0v) is 30.9. The van der Waals surface area contributed by atoms with Crippen LogP contribution < -0.4 is 15.4 Å². The van der Waals surface area contributed by atoms with Gasteiger partial charge in [0.15, 0.2) is 11.5 Å². The average molecular weight is 772 g/mol. The summed E-state index contributed by atoms with van der Waals surface area (Å²) in [5, 5.41) is 21.5. The molecule has 0 spiro atoms. The van der Waals surface area contributed by atoms with E-state index in [1.165, 1.54) is 30.0 Å². The van der Waals surface area contributed by atoms with Crippen LogP contribution in [0.2, 0.25) is 0 Å². The number of aromatic nitrogens is 5. The van der Waals surface area contributed by atoms with Crippen LogP contribution in [-0.2, 0) is 12.6 Å². The number of carbonyl (C=O) groups excluding carboxylic acids is 2. The Kier molecular flexibility index (Phi) is 9.83. The van der Waals surface area contributed by atoms with Gasteiger partial charge in [-0.05, 0) is 92.7 Å². The van der Waals surface area contributed by atoms with Crippen molar-refractivity contribution in [3.63, 3.8) is 0 Å². The Balaban J connectivity index is 0.993. The number of nitrogens with zero attached hydrogens (tertiary/aromatic N) is 7. The fourth-order valence-electron chi connectivity index (χ4n) is 8.64. The molecule has 4 aliphatic heterocycles. The van der Waals surface area contributed by atoms with Crippen molar-refractivity contribution < 1.29 is 31.9 Å². The number of carbonyl (C=O) groups is 2. The maximum atomic E-state index is 15.8. The predicted octanol–water partition coefficient (Wildman–Crippen LogP) is 8.22. The number of hydrogen-bond acceptors (Lipinski definition) is 8. The molecule has 2 aliphatic carbocycles. The van der Waals surface area contributed by atoms with Crippen LogP contribution in [0.4, 0.5) is 38.5 Å². The van der Waals surface area contributed by atoms with E-state index in [1.807, 2.05) is 22.8 Å². The van der Waals surface area contributed by atoms with Crippen molar-refractivity contribution in [1.29, 1.82) is 0 Å². The Bertz CT molecular complexity index is 2170. The van der Waals surface area contributed by atoms with E-state index in [2.05, 4.69) is 49.5 Å². The number of ether oxygens (including phenoxy) is 1. The third kappa shape index (κ3) is 7.60. The normalized spacial score (nSPS) is 23.3. The molecule has 2 aromatic heterocycles. The smallest absolute Gasteiger partial charge is 0.435 e. The van der Waals surface area contributed by atoms with Crippen LogP contribution in [0.25, 0.3) is 22.6 Å². The number of alkyl halides is 4. The van der Waals surface area contributed by atoms with Crippen molar-refractivity contribution >= 4 is 23.4 Å². The first-order valence-electron chi connectivity index (χ1n) is 18.8. The van der Waals surface area contributed by atoms with Crippen LogP contribution >= 0.6 is 0 Å². The largest absolute Gasteiger partial charge is 0.458 e. The van der Waals surface area contributed by atoms with Gasteiger partial charge in [0.25, 0.3) is 0 Å². The molecule has 292 valence electrons. The second-order valence-corrected chi connectivity index (χ2v) is 15.4. The number of piperidine rings is 3. The van der Waals surface area contributed by atoms with Crippen molar-refractivity contribution in [1.82, 2.24) is 35.2 Å². The summed E-state index contributed by atoms with van der Waals surface area (Å²) < 4.78 is 62.4. The third-order valence-corrected chi connectivity index (χ3v) is 11.6. The van der Waals surface area contributed by atoms with E-state index < -0.39 is 24.6 Å². The molecule has 6 heterocycles. The summed E-state index contributed by atoms with van der Waals surface area (Å²) in [6, 6.07) is 11.4. The molecule has 12 nitrogen and oxygen atoms in total. The molecule has 2 saturated carbocycles. The molecule has 4 aromatic rings. The average Bonchev–Trinajstić information content (AvgIpc) is 3.16. The number of aryl methyl sites for hydroxylation is 1. The Morgan fingerprint density at radius 1 is 0.929 bits per heavy atom. The molecule has 10 rings (SSSR count).